The van der Waals surface area contributed by atoms with Crippen LogP contribution < -0.4 is 10.5 Å². The van der Waals surface area contributed by atoms with E-state index in [1.54, 1.807) is 0 Å². The van der Waals surface area contributed by atoms with Crippen LogP contribution in [0.15, 0.2) is 24.3 Å². The summed E-state index contributed by atoms with van der Waals surface area (Å²) in [5.41, 5.74) is 7.40. The van der Waals surface area contributed by atoms with Crippen LogP contribution in [0.4, 0.5) is 0 Å². The molecule has 1 atom stereocenters. The molecular weight excluding hydrogens is 288 g/mol. The van der Waals surface area contributed by atoms with Crippen molar-refractivity contribution in [1.82, 2.24) is 4.90 Å². The number of likely N-dealkylation sites (tertiary alicyclic amines) is 1. The van der Waals surface area contributed by atoms with Crippen LogP contribution in [0.3, 0.4) is 0 Å². The first-order chi connectivity index (χ1) is 10.8. The predicted molar refractivity (Wildman–Crippen MR) is 93.6 cm³/mol. The third-order valence-electron chi connectivity index (χ3n) is 4.80. The Morgan fingerprint density at radius 3 is 2.57 bits per heavy atom. The average molecular weight is 318 g/mol. The predicted octanol–water partition coefficient (Wildman–Crippen LogP) is 3.16. The van der Waals surface area contributed by atoms with Crippen molar-refractivity contribution < 1.29 is 9.53 Å². The molecule has 0 spiro atoms. The Kier molecular flexibility index (Phi) is 5.69. The molecule has 23 heavy (non-hydrogen) atoms. The van der Waals surface area contributed by atoms with Gasteiger partial charge in [0.15, 0.2) is 0 Å². The quantitative estimate of drug-likeness (QED) is 0.907. The summed E-state index contributed by atoms with van der Waals surface area (Å²) in [4.78, 5) is 14.3. The summed E-state index contributed by atoms with van der Waals surface area (Å²) in [6.45, 7) is 10.5. The highest BCUT2D eigenvalue weighted by Crippen LogP contribution is 2.28. The molecular formula is C19H30N2O2. The van der Waals surface area contributed by atoms with Gasteiger partial charge in [0.25, 0.3) is 0 Å². The fourth-order valence-corrected chi connectivity index (χ4v) is 2.95. The lowest BCUT2D eigenvalue weighted by atomic mass is 9.79. The molecule has 1 aromatic rings. The zero-order chi connectivity index (χ0) is 17.0. The monoisotopic (exact) mass is 318 g/mol. The van der Waals surface area contributed by atoms with Crippen LogP contribution >= 0.6 is 0 Å². The van der Waals surface area contributed by atoms with Gasteiger partial charge >= 0.3 is 0 Å². The number of piperidine rings is 1. The van der Waals surface area contributed by atoms with Crippen LogP contribution in [-0.4, -0.2) is 36.5 Å². The van der Waals surface area contributed by atoms with Gasteiger partial charge in [0.05, 0.1) is 13.0 Å². The van der Waals surface area contributed by atoms with Crippen LogP contribution in [0.2, 0.25) is 0 Å². The second-order valence-electron chi connectivity index (χ2n) is 7.52. The number of hydrogen-bond donors (Lipinski definition) is 1. The Bertz CT molecular complexity index is 523. The van der Waals surface area contributed by atoms with E-state index in [-0.39, 0.29) is 17.4 Å². The van der Waals surface area contributed by atoms with Gasteiger partial charge in [-0.05, 0) is 35.4 Å². The Labute approximate surface area is 140 Å². The summed E-state index contributed by atoms with van der Waals surface area (Å²) in [6.07, 6.45) is 1.29. The van der Waals surface area contributed by atoms with E-state index >= 15 is 0 Å². The van der Waals surface area contributed by atoms with Gasteiger partial charge < -0.3 is 15.4 Å². The first-order valence-corrected chi connectivity index (χ1v) is 8.56. The van der Waals surface area contributed by atoms with Crippen LogP contribution in [0.25, 0.3) is 0 Å². The zero-order valence-corrected chi connectivity index (χ0v) is 14.8. The highest BCUT2D eigenvalue weighted by atomic mass is 16.5. The molecule has 4 nitrogen and oxygen atoms in total. The molecule has 128 valence electrons. The van der Waals surface area contributed by atoms with Crippen LogP contribution in [0.5, 0.6) is 5.75 Å². The number of carbonyl (C=O) groups is 1. The number of carbonyl (C=O) groups excluding carboxylic acids is 1. The number of amides is 1. The van der Waals surface area contributed by atoms with E-state index in [0.29, 0.717) is 18.9 Å². The van der Waals surface area contributed by atoms with Crippen molar-refractivity contribution in [3.05, 3.63) is 29.8 Å². The second kappa shape index (κ2) is 7.35. The molecule has 0 aliphatic carbocycles. The Morgan fingerprint density at radius 2 is 2.00 bits per heavy atom. The summed E-state index contributed by atoms with van der Waals surface area (Å²) >= 11 is 0. The average Bonchev–Trinajstić information content (AvgIpc) is 2.50. The molecule has 0 bridgehead atoms. The third-order valence-corrected chi connectivity index (χ3v) is 4.80. The fourth-order valence-electron chi connectivity index (χ4n) is 2.95. The lowest BCUT2D eigenvalue weighted by molar-refractivity contribution is -0.135. The number of nitrogens with two attached hydrogens (primary N) is 1. The van der Waals surface area contributed by atoms with Crippen LogP contribution in [0.1, 0.15) is 52.0 Å². The van der Waals surface area contributed by atoms with E-state index < -0.39 is 0 Å². The number of nitrogens with zero attached hydrogens (tertiary/aromatic N) is 1. The van der Waals surface area contributed by atoms with Gasteiger partial charge in [0, 0.05) is 19.1 Å². The number of ether oxygens (including phenoxy) is 1. The van der Waals surface area contributed by atoms with Gasteiger partial charge in [-0.25, -0.2) is 0 Å². The minimum Gasteiger partial charge on any atom is -0.493 e. The maximum Gasteiger partial charge on any atom is 0.226 e. The van der Waals surface area contributed by atoms with Gasteiger partial charge in [0.2, 0.25) is 5.91 Å². The molecule has 0 saturated carbocycles. The Hall–Kier alpha value is -1.55. The topological polar surface area (TPSA) is 55.6 Å². The largest absolute Gasteiger partial charge is 0.493 e. The van der Waals surface area contributed by atoms with Crippen molar-refractivity contribution in [1.29, 1.82) is 0 Å². The van der Waals surface area contributed by atoms with Crippen molar-refractivity contribution in [2.45, 2.75) is 52.5 Å². The number of rotatable bonds is 5. The van der Waals surface area contributed by atoms with E-state index in [9.17, 15) is 4.79 Å². The molecule has 1 aliphatic rings. The molecule has 2 N–H and O–H groups in total. The van der Waals surface area contributed by atoms with Gasteiger partial charge in [-0.2, -0.15) is 0 Å². The maximum atomic E-state index is 12.3. The highest BCUT2D eigenvalue weighted by molar-refractivity contribution is 5.76. The molecule has 1 amide bonds. The van der Waals surface area contributed by atoms with Gasteiger partial charge in [0.1, 0.15) is 5.75 Å². The van der Waals surface area contributed by atoms with E-state index in [2.05, 4.69) is 39.8 Å². The standard InChI is InChI=1S/C19H30N2O2/c1-14(2)15-5-7-16(8-6-15)23-12-10-18(22)21-11-9-17(20)19(3,4)13-21/h5-8,14,17H,9-13,20H2,1-4H3. The third kappa shape index (κ3) is 4.71. The smallest absolute Gasteiger partial charge is 0.226 e. The molecule has 2 rings (SSSR count). The zero-order valence-electron chi connectivity index (χ0n) is 14.8. The molecule has 1 aliphatic heterocycles. The second-order valence-corrected chi connectivity index (χ2v) is 7.52. The Morgan fingerprint density at radius 1 is 1.35 bits per heavy atom. The number of benzene rings is 1. The molecule has 0 aromatic heterocycles. The molecule has 1 heterocycles. The molecule has 1 aromatic carbocycles. The Balaban J connectivity index is 1.78. The number of hydrogen-bond acceptors (Lipinski definition) is 3. The summed E-state index contributed by atoms with van der Waals surface area (Å²) in [5, 5.41) is 0. The lowest BCUT2D eigenvalue weighted by Crippen LogP contribution is -2.54. The lowest BCUT2D eigenvalue weighted by Gasteiger charge is -2.42. The molecule has 1 fully saturated rings. The molecule has 0 radical (unpaired) electrons. The van der Waals surface area contributed by atoms with Crippen molar-refractivity contribution in [3.8, 4) is 5.75 Å². The van der Waals surface area contributed by atoms with E-state index in [1.165, 1.54) is 5.56 Å². The fraction of sp³-hybridized carbons (Fsp3) is 0.632. The molecule has 4 heteroatoms. The highest BCUT2D eigenvalue weighted by Gasteiger charge is 2.35. The first-order valence-electron chi connectivity index (χ1n) is 8.56. The van der Waals surface area contributed by atoms with Crippen molar-refractivity contribution in [2.24, 2.45) is 11.1 Å². The van der Waals surface area contributed by atoms with Crippen molar-refractivity contribution in [3.63, 3.8) is 0 Å². The SMILES string of the molecule is CC(C)c1ccc(OCCC(=O)N2CCC(N)C(C)(C)C2)cc1. The molecule has 1 saturated heterocycles. The van der Waals surface area contributed by atoms with Crippen LogP contribution in [-0.2, 0) is 4.79 Å². The summed E-state index contributed by atoms with van der Waals surface area (Å²) < 4.78 is 5.70. The van der Waals surface area contributed by atoms with Gasteiger partial charge in [-0.3, -0.25) is 4.79 Å². The minimum absolute atomic E-state index is 0.0125. The van der Waals surface area contributed by atoms with Crippen LogP contribution in [0, 0.1) is 5.41 Å². The summed E-state index contributed by atoms with van der Waals surface area (Å²) in [6, 6.07) is 8.28. The normalized spacial score (nSPS) is 20.6. The summed E-state index contributed by atoms with van der Waals surface area (Å²) in [5.74, 6) is 1.49. The van der Waals surface area contributed by atoms with Gasteiger partial charge in [-0.15, -0.1) is 0 Å². The van der Waals surface area contributed by atoms with Gasteiger partial charge in [-0.1, -0.05) is 39.8 Å². The van der Waals surface area contributed by atoms with E-state index in [1.807, 2.05) is 17.0 Å². The minimum atomic E-state index is -0.0125. The van der Waals surface area contributed by atoms with E-state index in [0.717, 1.165) is 25.3 Å². The first kappa shape index (κ1) is 17.8. The summed E-state index contributed by atoms with van der Waals surface area (Å²) in [7, 11) is 0. The van der Waals surface area contributed by atoms with E-state index in [4.69, 9.17) is 10.5 Å². The van der Waals surface area contributed by atoms with Crippen molar-refractivity contribution >= 4 is 5.91 Å². The maximum absolute atomic E-state index is 12.3. The van der Waals surface area contributed by atoms with Crippen molar-refractivity contribution in [2.75, 3.05) is 19.7 Å². The molecule has 1 unspecified atom stereocenters.